The Balaban J connectivity index is 1.75. The highest BCUT2D eigenvalue weighted by atomic mass is 16.3. The SMILES string of the molecule is Cc1ccccc1[C@@H](O)CNC(=O)NCC1CC1. The summed E-state index contributed by atoms with van der Waals surface area (Å²) in [6.45, 7) is 2.93. The van der Waals surface area contributed by atoms with Gasteiger partial charge in [-0.05, 0) is 36.8 Å². The Labute approximate surface area is 107 Å². The molecule has 1 aliphatic carbocycles. The van der Waals surface area contributed by atoms with Gasteiger partial charge in [0.1, 0.15) is 0 Å². The Morgan fingerprint density at radius 3 is 2.78 bits per heavy atom. The van der Waals surface area contributed by atoms with Crippen LogP contribution in [0.4, 0.5) is 4.79 Å². The van der Waals surface area contributed by atoms with E-state index >= 15 is 0 Å². The second kappa shape index (κ2) is 5.87. The molecule has 1 saturated carbocycles. The fourth-order valence-corrected chi connectivity index (χ4v) is 1.88. The van der Waals surface area contributed by atoms with Crippen LogP contribution in [0.15, 0.2) is 24.3 Å². The van der Waals surface area contributed by atoms with E-state index in [0.717, 1.165) is 17.7 Å². The summed E-state index contributed by atoms with van der Waals surface area (Å²) in [6, 6.07) is 7.45. The molecule has 1 aromatic rings. The number of hydrogen-bond acceptors (Lipinski definition) is 2. The lowest BCUT2D eigenvalue weighted by Gasteiger charge is -2.14. The van der Waals surface area contributed by atoms with Crippen molar-refractivity contribution in [1.29, 1.82) is 0 Å². The van der Waals surface area contributed by atoms with E-state index in [0.29, 0.717) is 5.92 Å². The van der Waals surface area contributed by atoms with Crippen LogP contribution in [0.3, 0.4) is 0 Å². The minimum Gasteiger partial charge on any atom is -0.387 e. The first kappa shape index (κ1) is 12.9. The summed E-state index contributed by atoms with van der Waals surface area (Å²) in [5, 5.41) is 15.5. The average Bonchev–Trinajstić information content (AvgIpc) is 3.18. The molecule has 0 unspecified atom stereocenters. The van der Waals surface area contributed by atoms with E-state index in [1.165, 1.54) is 12.8 Å². The molecule has 1 aliphatic rings. The van der Waals surface area contributed by atoms with Crippen LogP contribution in [0.2, 0.25) is 0 Å². The highest BCUT2D eigenvalue weighted by molar-refractivity contribution is 5.73. The number of hydrogen-bond donors (Lipinski definition) is 3. The Bertz CT molecular complexity index is 416. The molecule has 2 rings (SSSR count). The maximum Gasteiger partial charge on any atom is 0.314 e. The first-order valence-electron chi connectivity index (χ1n) is 6.42. The van der Waals surface area contributed by atoms with Crippen LogP contribution in [0.1, 0.15) is 30.1 Å². The van der Waals surface area contributed by atoms with Gasteiger partial charge >= 0.3 is 6.03 Å². The van der Waals surface area contributed by atoms with Gasteiger partial charge in [-0.3, -0.25) is 0 Å². The third-order valence-electron chi connectivity index (χ3n) is 3.25. The van der Waals surface area contributed by atoms with Gasteiger partial charge in [-0.1, -0.05) is 24.3 Å². The summed E-state index contributed by atoms with van der Waals surface area (Å²) in [4.78, 5) is 11.5. The van der Waals surface area contributed by atoms with Gasteiger partial charge < -0.3 is 15.7 Å². The molecular formula is C14H20N2O2. The fraction of sp³-hybridized carbons (Fsp3) is 0.500. The second-order valence-corrected chi connectivity index (χ2v) is 4.91. The summed E-state index contributed by atoms with van der Waals surface area (Å²) < 4.78 is 0. The summed E-state index contributed by atoms with van der Waals surface area (Å²) in [7, 11) is 0. The molecule has 4 nitrogen and oxygen atoms in total. The minimum atomic E-state index is -0.655. The molecular weight excluding hydrogens is 228 g/mol. The van der Waals surface area contributed by atoms with Gasteiger partial charge in [-0.15, -0.1) is 0 Å². The van der Waals surface area contributed by atoms with E-state index in [1.54, 1.807) is 0 Å². The third kappa shape index (κ3) is 3.74. The Kier molecular flexibility index (Phi) is 4.20. The topological polar surface area (TPSA) is 61.4 Å². The van der Waals surface area contributed by atoms with E-state index in [4.69, 9.17) is 0 Å². The van der Waals surface area contributed by atoms with E-state index in [2.05, 4.69) is 10.6 Å². The third-order valence-corrected chi connectivity index (χ3v) is 3.25. The van der Waals surface area contributed by atoms with Crippen molar-refractivity contribution in [3.63, 3.8) is 0 Å². The van der Waals surface area contributed by atoms with Crippen molar-refractivity contribution in [1.82, 2.24) is 10.6 Å². The van der Waals surface area contributed by atoms with Crippen molar-refractivity contribution >= 4 is 6.03 Å². The van der Waals surface area contributed by atoms with Crippen LogP contribution in [0.25, 0.3) is 0 Å². The van der Waals surface area contributed by atoms with Crippen molar-refractivity contribution < 1.29 is 9.90 Å². The molecule has 18 heavy (non-hydrogen) atoms. The lowest BCUT2D eigenvalue weighted by molar-refractivity contribution is 0.172. The van der Waals surface area contributed by atoms with Gasteiger partial charge in [-0.2, -0.15) is 0 Å². The fourth-order valence-electron chi connectivity index (χ4n) is 1.88. The number of urea groups is 1. The molecule has 1 fully saturated rings. The quantitative estimate of drug-likeness (QED) is 0.743. The monoisotopic (exact) mass is 248 g/mol. The highest BCUT2D eigenvalue weighted by Gasteiger charge is 2.21. The molecule has 0 saturated heterocycles. The zero-order valence-corrected chi connectivity index (χ0v) is 10.6. The largest absolute Gasteiger partial charge is 0.387 e. The predicted octanol–water partition coefficient (Wildman–Crippen LogP) is 1.74. The zero-order chi connectivity index (χ0) is 13.0. The number of aliphatic hydroxyl groups is 1. The molecule has 1 aromatic carbocycles. The number of rotatable bonds is 5. The summed E-state index contributed by atoms with van der Waals surface area (Å²) in [5.74, 6) is 0.664. The molecule has 98 valence electrons. The predicted molar refractivity (Wildman–Crippen MR) is 70.3 cm³/mol. The average molecular weight is 248 g/mol. The van der Waals surface area contributed by atoms with Crippen molar-refractivity contribution in [3.05, 3.63) is 35.4 Å². The van der Waals surface area contributed by atoms with Gasteiger partial charge in [0.2, 0.25) is 0 Å². The number of amides is 2. The van der Waals surface area contributed by atoms with Crippen LogP contribution < -0.4 is 10.6 Å². The Hall–Kier alpha value is -1.55. The van der Waals surface area contributed by atoms with Crippen LogP contribution in [-0.2, 0) is 0 Å². The van der Waals surface area contributed by atoms with Crippen molar-refractivity contribution in [3.8, 4) is 0 Å². The molecule has 3 N–H and O–H groups in total. The van der Waals surface area contributed by atoms with Crippen molar-refractivity contribution in [2.75, 3.05) is 13.1 Å². The molecule has 0 bridgehead atoms. The summed E-state index contributed by atoms with van der Waals surface area (Å²) in [6.07, 6.45) is 1.77. The number of aryl methyl sites for hydroxylation is 1. The molecule has 0 heterocycles. The van der Waals surface area contributed by atoms with Gasteiger partial charge in [-0.25, -0.2) is 4.79 Å². The standard InChI is InChI=1S/C14H20N2O2/c1-10-4-2-3-5-12(10)13(17)9-16-14(18)15-8-11-6-7-11/h2-5,11,13,17H,6-9H2,1H3,(H2,15,16,18)/t13-/m0/s1. The Morgan fingerprint density at radius 1 is 1.39 bits per heavy atom. The lowest BCUT2D eigenvalue weighted by Crippen LogP contribution is -2.38. The number of carbonyl (C=O) groups is 1. The molecule has 0 radical (unpaired) electrons. The normalized spacial score (nSPS) is 16.1. The number of aliphatic hydroxyl groups excluding tert-OH is 1. The van der Waals surface area contributed by atoms with Gasteiger partial charge in [0.25, 0.3) is 0 Å². The lowest BCUT2D eigenvalue weighted by atomic mass is 10.0. The highest BCUT2D eigenvalue weighted by Crippen LogP contribution is 2.27. The smallest absolute Gasteiger partial charge is 0.314 e. The van der Waals surface area contributed by atoms with E-state index in [-0.39, 0.29) is 12.6 Å². The van der Waals surface area contributed by atoms with Gasteiger partial charge in [0, 0.05) is 13.1 Å². The van der Waals surface area contributed by atoms with Crippen LogP contribution in [-0.4, -0.2) is 24.2 Å². The zero-order valence-electron chi connectivity index (χ0n) is 10.6. The first-order chi connectivity index (χ1) is 8.66. The second-order valence-electron chi connectivity index (χ2n) is 4.91. The molecule has 4 heteroatoms. The number of benzene rings is 1. The molecule has 1 atom stereocenters. The van der Waals surface area contributed by atoms with E-state index in [9.17, 15) is 9.90 Å². The molecule has 0 aromatic heterocycles. The van der Waals surface area contributed by atoms with E-state index < -0.39 is 6.10 Å². The Morgan fingerprint density at radius 2 is 2.11 bits per heavy atom. The molecule has 2 amide bonds. The maximum absolute atomic E-state index is 11.5. The summed E-state index contributed by atoms with van der Waals surface area (Å²) >= 11 is 0. The van der Waals surface area contributed by atoms with Gasteiger partial charge in [0.15, 0.2) is 0 Å². The van der Waals surface area contributed by atoms with Crippen molar-refractivity contribution in [2.45, 2.75) is 25.9 Å². The maximum atomic E-state index is 11.5. The van der Waals surface area contributed by atoms with Crippen LogP contribution >= 0.6 is 0 Å². The van der Waals surface area contributed by atoms with E-state index in [1.807, 2.05) is 31.2 Å². The first-order valence-corrected chi connectivity index (χ1v) is 6.42. The van der Waals surface area contributed by atoms with Crippen LogP contribution in [0, 0.1) is 12.8 Å². The number of carbonyl (C=O) groups excluding carboxylic acids is 1. The van der Waals surface area contributed by atoms with Crippen molar-refractivity contribution in [2.24, 2.45) is 5.92 Å². The van der Waals surface area contributed by atoms with Crippen LogP contribution in [0.5, 0.6) is 0 Å². The van der Waals surface area contributed by atoms with Gasteiger partial charge in [0.05, 0.1) is 6.10 Å². The molecule has 0 spiro atoms. The summed E-state index contributed by atoms with van der Waals surface area (Å²) in [5.41, 5.74) is 1.89. The number of nitrogens with one attached hydrogen (secondary N) is 2. The minimum absolute atomic E-state index is 0.200. The molecule has 0 aliphatic heterocycles.